The van der Waals surface area contributed by atoms with Gasteiger partial charge in [-0.1, -0.05) is 29.4 Å². The van der Waals surface area contributed by atoms with Crippen LogP contribution < -0.4 is 0 Å². The Hall–Kier alpha value is -2.10. The second-order valence-electron chi connectivity index (χ2n) is 3.90. The molecule has 0 bridgehead atoms. The second kappa shape index (κ2) is 4.82. The van der Waals surface area contributed by atoms with E-state index in [1.54, 1.807) is 0 Å². The fraction of sp³-hybridized carbons (Fsp3) is 0.231. The first-order chi connectivity index (χ1) is 8.18. The molecule has 1 N–H and O–H groups in total. The molecule has 4 nitrogen and oxygen atoms in total. The first-order valence-corrected chi connectivity index (χ1v) is 5.39. The number of aryl methyl sites for hydroxylation is 2. The van der Waals surface area contributed by atoms with Gasteiger partial charge < -0.3 is 9.63 Å². The number of carbonyl (C=O) groups is 1. The van der Waals surface area contributed by atoms with E-state index >= 15 is 0 Å². The standard InChI is InChI=1S/C13H13NO3/c1-9-4-2-3-5-11(9)13-10(8-17-14-13)6-7-12(15)16/h2-5,8H,6-7H2,1H3,(H,15,16). The van der Waals surface area contributed by atoms with Crippen LogP contribution in [0, 0.1) is 6.92 Å². The van der Waals surface area contributed by atoms with E-state index in [0.29, 0.717) is 6.42 Å². The fourth-order valence-electron chi connectivity index (χ4n) is 1.74. The predicted octanol–water partition coefficient (Wildman–Crippen LogP) is 2.67. The lowest BCUT2D eigenvalue weighted by atomic mass is 10.0. The van der Waals surface area contributed by atoms with Gasteiger partial charge in [0.25, 0.3) is 0 Å². The van der Waals surface area contributed by atoms with E-state index < -0.39 is 5.97 Å². The van der Waals surface area contributed by atoms with Gasteiger partial charge in [0, 0.05) is 17.5 Å². The number of nitrogens with zero attached hydrogens (tertiary/aromatic N) is 1. The van der Waals surface area contributed by atoms with Crippen LogP contribution in [-0.4, -0.2) is 16.2 Å². The number of aromatic nitrogens is 1. The molecule has 0 radical (unpaired) electrons. The molecule has 0 aliphatic rings. The molecule has 0 saturated carbocycles. The maximum atomic E-state index is 10.6. The van der Waals surface area contributed by atoms with Crippen molar-refractivity contribution >= 4 is 5.97 Å². The molecule has 0 aliphatic carbocycles. The predicted molar refractivity (Wildman–Crippen MR) is 62.6 cm³/mol. The van der Waals surface area contributed by atoms with Gasteiger partial charge in [-0.3, -0.25) is 4.79 Å². The third kappa shape index (κ3) is 2.53. The highest BCUT2D eigenvalue weighted by atomic mass is 16.5. The minimum absolute atomic E-state index is 0.0834. The van der Waals surface area contributed by atoms with Crippen LogP contribution in [-0.2, 0) is 11.2 Å². The van der Waals surface area contributed by atoms with Crippen molar-refractivity contribution in [2.24, 2.45) is 0 Å². The van der Waals surface area contributed by atoms with Crippen LogP contribution in [0.4, 0.5) is 0 Å². The smallest absolute Gasteiger partial charge is 0.303 e. The van der Waals surface area contributed by atoms with E-state index in [2.05, 4.69) is 5.16 Å². The first kappa shape index (κ1) is 11.4. The van der Waals surface area contributed by atoms with Gasteiger partial charge in [-0.15, -0.1) is 0 Å². The Morgan fingerprint density at radius 3 is 2.88 bits per heavy atom. The summed E-state index contributed by atoms with van der Waals surface area (Å²) in [6.07, 6.45) is 2.04. The molecule has 0 amide bonds. The lowest BCUT2D eigenvalue weighted by Crippen LogP contribution is -1.98. The normalized spacial score (nSPS) is 10.4. The summed E-state index contributed by atoms with van der Waals surface area (Å²) in [5.74, 6) is -0.818. The van der Waals surface area contributed by atoms with E-state index in [9.17, 15) is 4.79 Å². The molecule has 1 aromatic heterocycles. The Morgan fingerprint density at radius 2 is 2.18 bits per heavy atom. The summed E-state index contributed by atoms with van der Waals surface area (Å²) >= 11 is 0. The Labute approximate surface area is 98.9 Å². The molecule has 88 valence electrons. The summed E-state index contributed by atoms with van der Waals surface area (Å²) in [4.78, 5) is 10.6. The average molecular weight is 231 g/mol. The number of hydrogen-bond acceptors (Lipinski definition) is 3. The van der Waals surface area contributed by atoms with Crippen molar-refractivity contribution in [2.45, 2.75) is 19.8 Å². The third-order valence-corrected chi connectivity index (χ3v) is 2.65. The van der Waals surface area contributed by atoms with E-state index in [1.165, 1.54) is 6.26 Å². The van der Waals surface area contributed by atoms with Crippen LogP contribution in [0.5, 0.6) is 0 Å². The van der Waals surface area contributed by atoms with Crippen molar-refractivity contribution < 1.29 is 14.4 Å². The van der Waals surface area contributed by atoms with Gasteiger partial charge >= 0.3 is 5.97 Å². The van der Waals surface area contributed by atoms with Crippen molar-refractivity contribution in [1.82, 2.24) is 5.16 Å². The van der Waals surface area contributed by atoms with Crippen molar-refractivity contribution in [2.75, 3.05) is 0 Å². The Bertz CT molecular complexity index is 531. The molecule has 0 atom stereocenters. The van der Waals surface area contributed by atoms with E-state index in [1.807, 2.05) is 31.2 Å². The number of aliphatic carboxylic acids is 1. The lowest BCUT2D eigenvalue weighted by molar-refractivity contribution is -0.136. The summed E-state index contributed by atoms with van der Waals surface area (Å²) in [6.45, 7) is 1.99. The molecule has 0 unspecified atom stereocenters. The number of rotatable bonds is 4. The van der Waals surface area contributed by atoms with Gasteiger partial charge in [0.15, 0.2) is 0 Å². The summed E-state index contributed by atoms with van der Waals surface area (Å²) in [5, 5.41) is 12.6. The minimum atomic E-state index is -0.818. The summed E-state index contributed by atoms with van der Waals surface area (Å²) in [7, 11) is 0. The number of benzene rings is 1. The van der Waals surface area contributed by atoms with Gasteiger partial charge in [-0.25, -0.2) is 0 Å². The topological polar surface area (TPSA) is 63.3 Å². The Kier molecular flexibility index (Phi) is 3.23. The molecule has 0 spiro atoms. The molecule has 4 heteroatoms. The molecule has 2 rings (SSSR count). The zero-order valence-corrected chi connectivity index (χ0v) is 9.51. The molecule has 0 fully saturated rings. The van der Waals surface area contributed by atoms with Crippen LogP contribution in [0.25, 0.3) is 11.3 Å². The Morgan fingerprint density at radius 1 is 1.41 bits per heavy atom. The highest BCUT2D eigenvalue weighted by molar-refractivity contribution is 5.69. The summed E-state index contributed by atoms with van der Waals surface area (Å²) in [6, 6.07) is 7.83. The second-order valence-corrected chi connectivity index (χ2v) is 3.90. The van der Waals surface area contributed by atoms with Gasteiger partial charge in [0.2, 0.25) is 0 Å². The van der Waals surface area contributed by atoms with Gasteiger partial charge in [0.05, 0.1) is 0 Å². The van der Waals surface area contributed by atoms with E-state index in [-0.39, 0.29) is 6.42 Å². The zero-order chi connectivity index (χ0) is 12.3. The summed E-state index contributed by atoms with van der Waals surface area (Å²) < 4.78 is 4.94. The van der Waals surface area contributed by atoms with E-state index in [4.69, 9.17) is 9.63 Å². The molecule has 1 heterocycles. The maximum Gasteiger partial charge on any atom is 0.303 e. The van der Waals surface area contributed by atoms with Gasteiger partial charge in [-0.2, -0.15) is 0 Å². The fourth-order valence-corrected chi connectivity index (χ4v) is 1.74. The highest BCUT2D eigenvalue weighted by Crippen LogP contribution is 2.25. The minimum Gasteiger partial charge on any atom is -0.481 e. The number of carboxylic acids is 1. The van der Waals surface area contributed by atoms with E-state index in [0.717, 1.165) is 22.4 Å². The first-order valence-electron chi connectivity index (χ1n) is 5.39. The van der Waals surface area contributed by atoms with Gasteiger partial charge in [-0.05, 0) is 18.9 Å². The van der Waals surface area contributed by atoms with Crippen molar-refractivity contribution in [1.29, 1.82) is 0 Å². The Balaban J connectivity index is 2.31. The number of carboxylic acid groups (broad SMARTS) is 1. The molecule has 1 aromatic carbocycles. The van der Waals surface area contributed by atoms with Crippen molar-refractivity contribution in [3.8, 4) is 11.3 Å². The molecular weight excluding hydrogens is 218 g/mol. The monoisotopic (exact) mass is 231 g/mol. The van der Waals surface area contributed by atoms with Crippen molar-refractivity contribution in [3.05, 3.63) is 41.7 Å². The molecular formula is C13H13NO3. The largest absolute Gasteiger partial charge is 0.481 e. The quantitative estimate of drug-likeness (QED) is 0.878. The van der Waals surface area contributed by atoms with Crippen LogP contribution in [0.1, 0.15) is 17.5 Å². The van der Waals surface area contributed by atoms with Crippen molar-refractivity contribution in [3.63, 3.8) is 0 Å². The number of hydrogen-bond donors (Lipinski definition) is 1. The maximum absolute atomic E-state index is 10.6. The van der Waals surface area contributed by atoms with Crippen LogP contribution in [0.2, 0.25) is 0 Å². The molecule has 17 heavy (non-hydrogen) atoms. The van der Waals surface area contributed by atoms with Crippen LogP contribution in [0.15, 0.2) is 35.1 Å². The molecule has 0 saturated heterocycles. The van der Waals surface area contributed by atoms with Crippen LogP contribution >= 0.6 is 0 Å². The summed E-state index contributed by atoms with van der Waals surface area (Å²) in [5.41, 5.74) is 3.66. The average Bonchev–Trinajstić information content (AvgIpc) is 2.75. The lowest BCUT2D eigenvalue weighted by Gasteiger charge is -2.03. The molecule has 2 aromatic rings. The highest BCUT2D eigenvalue weighted by Gasteiger charge is 2.12. The van der Waals surface area contributed by atoms with Crippen LogP contribution in [0.3, 0.4) is 0 Å². The molecule has 0 aliphatic heterocycles. The SMILES string of the molecule is Cc1ccccc1-c1nocc1CCC(=O)O. The zero-order valence-electron chi connectivity index (χ0n) is 9.51. The van der Waals surface area contributed by atoms with Gasteiger partial charge in [0.1, 0.15) is 12.0 Å². The third-order valence-electron chi connectivity index (χ3n) is 2.65.